The number of ether oxygens (including phenoxy) is 1. The molecule has 0 saturated heterocycles. The molecule has 0 amide bonds. The van der Waals surface area contributed by atoms with Crippen LogP contribution < -0.4 is 0 Å². The average molecular weight is 284 g/mol. The van der Waals surface area contributed by atoms with Crippen molar-refractivity contribution >= 4 is 29.1 Å². The SMILES string of the molecule is CCOC(=O)c1sc(SC)c2c1CCC(C)(C)C2. The van der Waals surface area contributed by atoms with Crippen LogP contribution in [0, 0.1) is 5.41 Å². The van der Waals surface area contributed by atoms with E-state index in [1.54, 1.807) is 23.1 Å². The van der Waals surface area contributed by atoms with Gasteiger partial charge in [0.1, 0.15) is 4.88 Å². The zero-order valence-corrected chi connectivity index (χ0v) is 13.1. The van der Waals surface area contributed by atoms with Crippen LogP contribution in [0.2, 0.25) is 0 Å². The Morgan fingerprint density at radius 1 is 1.44 bits per heavy atom. The van der Waals surface area contributed by atoms with Crippen molar-refractivity contribution in [2.24, 2.45) is 5.41 Å². The molecule has 1 aromatic rings. The summed E-state index contributed by atoms with van der Waals surface area (Å²) in [5, 5.41) is 0. The molecule has 1 aliphatic carbocycles. The van der Waals surface area contributed by atoms with Gasteiger partial charge in [0.25, 0.3) is 0 Å². The summed E-state index contributed by atoms with van der Waals surface area (Å²) in [5.74, 6) is -0.140. The van der Waals surface area contributed by atoms with Crippen molar-refractivity contribution in [2.75, 3.05) is 12.9 Å². The third-order valence-corrected chi connectivity index (χ3v) is 5.85. The number of hydrogen-bond donors (Lipinski definition) is 0. The second-order valence-electron chi connectivity index (χ2n) is 5.44. The molecule has 0 saturated carbocycles. The fourth-order valence-corrected chi connectivity index (χ4v) is 4.50. The molecule has 18 heavy (non-hydrogen) atoms. The predicted molar refractivity (Wildman–Crippen MR) is 77.9 cm³/mol. The standard InChI is InChI=1S/C14H20O2S2/c1-5-16-12(15)11-9-6-7-14(2,3)8-10(9)13(17-4)18-11/h5-8H2,1-4H3. The van der Waals surface area contributed by atoms with Crippen LogP contribution >= 0.6 is 23.1 Å². The maximum Gasteiger partial charge on any atom is 0.348 e. The third kappa shape index (κ3) is 2.59. The second kappa shape index (κ2) is 5.25. The Hall–Kier alpha value is -0.480. The highest BCUT2D eigenvalue weighted by molar-refractivity contribution is 8.00. The van der Waals surface area contributed by atoms with E-state index in [1.165, 1.54) is 15.3 Å². The van der Waals surface area contributed by atoms with Gasteiger partial charge in [0.05, 0.1) is 10.8 Å². The molecule has 0 aromatic carbocycles. The first-order valence-corrected chi connectivity index (χ1v) is 8.38. The van der Waals surface area contributed by atoms with Gasteiger partial charge in [-0.3, -0.25) is 0 Å². The summed E-state index contributed by atoms with van der Waals surface area (Å²) < 4.78 is 6.46. The largest absolute Gasteiger partial charge is 0.462 e. The molecule has 1 heterocycles. The number of hydrogen-bond acceptors (Lipinski definition) is 4. The normalized spacial score (nSPS) is 17.3. The fourth-order valence-electron chi connectivity index (χ4n) is 2.48. The van der Waals surface area contributed by atoms with Crippen LogP contribution in [0.25, 0.3) is 0 Å². The van der Waals surface area contributed by atoms with Crippen molar-refractivity contribution in [1.82, 2.24) is 0 Å². The molecule has 0 N–H and O–H groups in total. The molecule has 0 fully saturated rings. The molecular formula is C14H20O2S2. The molecule has 1 aromatic heterocycles. The van der Waals surface area contributed by atoms with Crippen molar-refractivity contribution in [3.05, 3.63) is 16.0 Å². The van der Waals surface area contributed by atoms with Crippen molar-refractivity contribution in [1.29, 1.82) is 0 Å². The summed E-state index contributed by atoms with van der Waals surface area (Å²) in [4.78, 5) is 12.8. The van der Waals surface area contributed by atoms with E-state index < -0.39 is 0 Å². The second-order valence-corrected chi connectivity index (χ2v) is 7.54. The van der Waals surface area contributed by atoms with E-state index in [0.29, 0.717) is 12.0 Å². The number of carbonyl (C=O) groups excluding carboxylic acids is 1. The first-order valence-electron chi connectivity index (χ1n) is 6.34. The molecule has 0 bridgehead atoms. The van der Waals surface area contributed by atoms with Gasteiger partial charge in [-0.25, -0.2) is 4.79 Å². The molecule has 0 aliphatic heterocycles. The van der Waals surface area contributed by atoms with Gasteiger partial charge >= 0.3 is 5.97 Å². The summed E-state index contributed by atoms with van der Waals surface area (Å²) in [6.07, 6.45) is 5.32. The number of fused-ring (bicyclic) bond motifs is 1. The highest BCUT2D eigenvalue weighted by Gasteiger charge is 2.32. The number of thiophene rings is 1. The molecule has 100 valence electrons. The smallest absolute Gasteiger partial charge is 0.348 e. The average Bonchev–Trinajstić information content (AvgIpc) is 2.65. The Balaban J connectivity index is 2.41. The minimum atomic E-state index is -0.140. The molecule has 0 unspecified atom stereocenters. The highest BCUT2D eigenvalue weighted by Crippen LogP contribution is 2.44. The molecule has 0 spiro atoms. The summed E-state index contributed by atoms with van der Waals surface area (Å²) in [6.45, 7) is 6.92. The van der Waals surface area contributed by atoms with Crippen molar-refractivity contribution in [3.63, 3.8) is 0 Å². The minimum Gasteiger partial charge on any atom is -0.462 e. The van der Waals surface area contributed by atoms with Crippen LogP contribution in [0.5, 0.6) is 0 Å². The fraction of sp³-hybridized carbons (Fsp3) is 0.643. The van der Waals surface area contributed by atoms with Crippen LogP contribution in [-0.4, -0.2) is 18.8 Å². The molecule has 4 heteroatoms. The van der Waals surface area contributed by atoms with Crippen LogP contribution in [0.1, 0.15) is 48.0 Å². The monoisotopic (exact) mass is 284 g/mol. The lowest BCUT2D eigenvalue weighted by atomic mass is 9.75. The maximum absolute atomic E-state index is 12.0. The van der Waals surface area contributed by atoms with Crippen molar-refractivity contribution < 1.29 is 9.53 Å². The number of rotatable bonds is 3. The molecule has 2 nitrogen and oxygen atoms in total. The molecule has 1 aliphatic rings. The lowest BCUT2D eigenvalue weighted by Crippen LogP contribution is -2.22. The van der Waals surface area contributed by atoms with E-state index in [1.807, 2.05) is 6.92 Å². The first-order chi connectivity index (χ1) is 8.48. The zero-order valence-electron chi connectivity index (χ0n) is 11.5. The summed E-state index contributed by atoms with van der Waals surface area (Å²) >= 11 is 3.36. The molecular weight excluding hydrogens is 264 g/mol. The first kappa shape index (κ1) is 13.9. The Kier molecular flexibility index (Phi) is 4.07. The quantitative estimate of drug-likeness (QED) is 0.616. The van der Waals surface area contributed by atoms with Gasteiger partial charge in [0, 0.05) is 0 Å². The van der Waals surface area contributed by atoms with Crippen LogP contribution in [-0.2, 0) is 17.6 Å². The van der Waals surface area contributed by atoms with Crippen LogP contribution in [0.15, 0.2) is 4.21 Å². The maximum atomic E-state index is 12.0. The van der Waals surface area contributed by atoms with E-state index in [4.69, 9.17) is 4.74 Å². The lowest BCUT2D eigenvalue weighted by molar-refractivity contribution is 0.0530. The zero-order chi connectivity index (χ0) is 13.3. The Labute approximate surface area is 117 Å². The topological polar surface area (TPSA) is 26.3 Å². The van der Waals surface area contributed by atoms with Gasteiger partial charge in [-0.2, -0.15) is 0 Å². The van der Waals surface area contributed by atoms with Crippen molar-refractivity contribution in [2.45, 2.75) is 44.2 Å². The van der Waals surface area contributed by atoms with Crippen LogP contribution in [0.4, 0.5) is 0 Å². The number of esters is 1. The van der Waals surface area contributed by atoms with E-state index in [-0.39, 0.29) is 5.97 Å². The number of thioether (sulfide) groups is 1. The summed E-state index contributed by atoms with van der Waals surface area (Å²) in [5.41, 5.74) is 3.00. The van der Waals surface area contributed by atoms with Gasteiger partial charge in [-0.15, -0.1) is 23.1 Å². The summed E-state index contributed by atoms with van der Waals surface area (Å²) in [7, 11) is 0. The molecule has 2 rings (SSSR count). The highest BCUT2D eigenvalue weighted by atomic mass is 32.2. The van der Waals surface area contributed by atoms with Crippen LogP contribution in [0.3, 0.4) is 0 Å². The van der Waals surface area contributed by atoms with Gasteiger partial charge < -0.3 is 4.74 Å². The van der Waals surface area contributed by atoms with Gasteiger partial charge in [-0.05, 0) is 49.0 Å². The van der Waals surface area contributed by atoms with Gasteiger partial charge in [-0.1, -0.05) is 13.8 Å². The predicted octanol–water partition coefficient (Wildman–Crippen LogP) is 4.16. The Bertz CT molecular complexity index is 461. The lowest BCUT2D eigenvalue weighted by Gasteiger charge is -2.30. The third-order valence-electron chi connectivity index (χ3n) is 3.43. The van der Waals surface area contributed by atoms with Crippen molar-refractivity contribution in [3.8, 4) is 0 Å². The minimum absolute atomic E-state index is 0.140. The Morgan fingerprint density at radius 3 is 2.78 bits per heavy atom. The van der Waals surface area contributed by atoms with E-state index >= 15 is 0 Å². The van der Waals surface area contributed by atoms with E-state index in [2.05, 4.69) is 20.1 Å². The van der Waals surface area contributed by atoms with Gasteiger partial charge in [0.2, 0.25) is 0 Å². The molecule has 0 atom stereocenters. The summed E-state index contributed by atoms with van der Waals surface area (Å²) in [6, 6.07) is 0. The number of carbonyl (C=O) groups is 1. The Morgan fingerprint density at radius 2 is 2.17 bits per heavy atom. The van der Waals surface area contributed by atoms with Gasteiger partial charge in [0.15, 0.2) is 0 Å². The van der Waals surface area contributed by atoms with E-state index in [0.717, 1.165) is 24.1 Å². The van der Waals surface area contributed by atoms with E-state index in [9.17, 15) is 4.79 Å². The molecule has 0 radical (unpaired) electrons.